The molecule has 0 bridgehead atoms. The monoisotopic (exact) mass is 380 g/mol. The van der Waals surface area contributed by atoms with Crippen LogP contribution < -0.4 is 4.74 Å². The van der Waals surface area contributed by atoms with Gasteiger partial charge in [-0.15, -0.1) is 0 Å². The molecule has 0 aliphatic rings. The third-order valence-electron chi connectivity index (χ3n) is 2.76. The first-order valence-corrected chi connectivity index (χ1v) is 6.93. The molecule has 1 unspecified atom stereocenters. The van der Waals surface area contributed by atoms with Gasteiger partial charge in [0, 0.05) is 10.0 Å². The van der Waals surface area contributed by atoms with Gasteiger partial charge in [0.25, 0.3) is 0 Å². The van der Waals surface area contributed by atoms with Crippen molar-refractivity contribution in [3.63, 3.8) is 0 Å². The van der Waals surface area contributed by atoms with Crippen LogP contribution in [0.3, 0.4) is 0 Å². The number of hydrogen-bond acceptors (Lipinski definition) is 2. The third-order valence-corrected chi connectivity index (χ3v) is 3.95. The molecule has 112 valence electrons. The normalized spacial score (nSPS) is 12.5. The molecule has 2 aromatic carbocycles. The van der Waals surface area contributed by atoms with Gasteiger partial charge >= 0.3 is 6.61 Å². The molecule has 0 amide bonds. The van der Waals surface area contributed by atoms with E-state index in [1.807, 2.05) is 0 Å². The zero-order chi connectivity index (χ0) is 15.6. The maximum atomic E-state index is 13.8. The molecule has 0 aromatic heterocycles. The largest absolute Gasteiger partial charge is 0.435 e. The van der Waals surface area contributed by atoms with E-state index in [9.17, 15) is 18.3 Å². The molecule has 21 heavy (non-hydrogen) atoms. The summed E-state index contributed by atoms with van der Waals surface area (Å²) in [7, 11) is 0. The van der Waals surface area contributed by atoms with Gasteiger partial charge in [0.1, 0.15) is 17.7 Å². The quantitative estimate of drug-likeness (QED) is 0.761. The molecule has 7 heteroatoms. The van der Waals surface area contributed by atoms with Crippen LogP contribution in [0, 0.1) is 5.82 Å². The van der Waals surface area contributed by atoms with Gasteiger partial charge in [-0.3, -0.25) is 0 Å². The summed E-state index contributed by atoms with van der Waals surface area (Å²) in [4.78, 5) is 0. The Morgan fingerprint density at radius 2 is 1.76 bits per heavy atom. The summed E-state index contributed by atoms with van der Waals surface area (Å²) < 4.78 is 42.5. The SMILES string of the molecule is OC(c1ccc(OC(F)F)cc1)c1cc(Cl)c(Br)cc1F. The summed E-state index contributed by atoms with van der Waals surface area (Å²) in [6.45, 7) is -2.93. The first-order chi connectivity index (χ1) is 9.88. The number of rotatable bonds is 4. The van der Waals surface area contributed by atoms with Crippen molar-refractivity contribution >= 4 is 27.5 Å². The number of hydrogen-bond donors (Lipinski definition) is 1. The van der Waals surface area contributed by atoms with E-state index in [0.717, 1.165) is 6.07 Å². The molecule has 0 saturated carbocycles. The van der Waals surface area contributed by atoms with E-state index < -0.39 is 18.5 Å². The van der Waals surface area contributed by atoms with Crippen molar-refractivity contribution in [2.45, 2.75) is 12.7 Å². The first-order valence-electron chi connectivity index (χ1n) is 5.75. The number of aliphatic hydroxyl groups excluding tert-OH is 1. The third kappa shape index (κ3) is 3.90. The molecule has 1 N–H and O–H groups in total. The molecule has 0 radical (unpaired) electrons. The molecule has 0 heterocycles. The molecule has 0 saturated heterocycles. The van der Waals surface area contributed by atoms with Gasteiger partial charge in [-0.2, -0.15) is 8.78 Å². The molecular formula is C14H9BrClF3O2. The predicted molar refractivity (Wildman–Crippen MR) is 76.2 cm³/mol. The molecular weight excluding hydrogens is 373 g/mol. The minimum absolute atomic E-state index is 0.00859. The summed E-state index contributed by atoms with van der Waals surface area (Å²) >= 11 is 8.95. The summed E-state index contributed by atoms with van der Waals surface area (Å²) in [5, 5.41) is 10.4. The van der Waals surface area contributed by atoms with Crippen LogP contribution in [0.5, 0.6) is 5.75 Å². The summed E-state index contributed by atoms with van der Waals surface area (Å²) in [5.41, 5.74) is 0.319. The zero-order valence-electron chi connectivity index (χ0n) is 10.4. The molecule has 0 spiro atoms. The van der Waals surface area contributed by atoms with Crippen LogP contribution in [0.2, 0.25) is 5.02 Å². The van der Waals surface area contributed by atoms with Crippen molar-refractivity contribution in [3.8, 4) is 5.75 Å². The van der Waals surface area contributed by atoms with E-state index in [-0.39, 0.29) is 16.3 Å². The van der Waals surface area contributed by atoms with Gasteiger partial charge < -0.3 is 9.84 Å². The lowest BCUT2D eigenvalue weighted by Gasteiger charge is -2.14. The second-order valence-electron chi connectivity index (χ2n) is 4.14. The lowest BCUT2D eigenvalue weighted by Crippen LogP contribution is -2.04. The van der Waals surface area contributed by atoms with Crippen LogP contribution in [0.4, 0.5) is 13.2 Å². The molecule has 0 aliphatic carbocycles. The highest BCUT2D eigenvalue weighted by Crippen LogP contribution is 2.32. The van der Waals surface area contributed by atoms with Crippen molar-refractivity contribution in [3.05, 3.63) is 62.8 Å². The van der Waals surface area contributed by atoms with Crippen LogP contribution in [0.1, 0.15) is 17.2 Å². The molecule has 2 nitrogen and oxygen atoms in total. The predicted octanol–water partition coefficient (Wildman–Crippen LogP) is 4.92. The Labute approximate surface area is 132 Å². The standard InChI is InChI=1S/C14H9BrClF3O2/c15-10-6-12(17)9(5-11(10)16)13(20)7-1-3-8(4-2-7)21-14(18)19/h1-6,13-14,20H. The molecule has 0 aliphatic heterocycles. The van der Waals surface area contributed by atoms with Crippen LogP contribution in [-0.4, -0.2) is 11.7 Å². The van der Waals surface area contributed by atoms with E-state index in [1.165, 1.54) is 30.3 Å². The summed E-state index contributed by atoms with van der Waals surface area (Å²) in [5.74, 6) is -0.679. The average molecular weight is 382 g/mol. The van der Waals surface area contributed by atoms with Crippen LogP contribution in [-0.2, 0) is 0 Å². The second-order valence-corrected chi connectivity index (χ2v) is 5.40. The van der Waals surface area contributed by atoms with E-state index in [0.29, 0.717) is 10.0 Å². The Bertz CT molecular complexity index is 635. The van der Waals surface area contributed by atoms with Crippen molar-refractivity contribution < 1.29 is 23.0 Å². The Hall–Kier alpha value is -1.24. The minimum Gasteiger partial charge on any atom is -0.435 e. The van der Waals surface area contributed by atoms with Crippen molar-refractivity contribution in [1.82, 2.24) is 0 Å². The Balaban J connectivity index is 2.27. The van der Waals surface area contributed by atoms with E-state index >= 15 is 0 Å². The highest BCUT2D eigenvalue weighted by atomic mass is 79.9. The van der Waals surface area contributed by atoms with Gasteiger partial charge in [-0.25, -0.2) is 4.39 Å². The minimum atomic E-state index is -2.93. The van der Waals surface area contributed by atoms with E-state index in [4.69, 9.17) is 11.6 Å². The maximum Gasteiger partial charge on any atom is 0.387 e. The van der Waals surface area contributed by atoms with Crippen molar-refractivity contribution in [2.24, 2.45) is 0 Å². The van der Waals surface area contributed by atoms with Crippen LogP contribution >= 0.6 is 27.5 Å². The van der Waals surface area contributed by atoms with E-state index in [1.54, 1.807) is 0 Å². The van der Waals surface area contributed by atoms with Gasteiger partial charge in [0.05, 0.1) is 5.02 Å². The Morgan fingerprint density at radius 3 is 2.33 bits per heavy atom. The zero-order valence-corrected chi connectivity index (χ0v) is 12.7. The van der Waals surface area contributed by atoms with Gasteiger partial charge in [-0.05, 0) is 45.8 Å². The topological polar surface area (TPSA) is 29.5 Å². The maximum absolute atomic E-state index is 13.8. The Kier molecular flexibility index (Phi) is 5.13. The number of alkyl halides is 2. The second kappa shape index (κ2) is 6.68. The number of halogens is 5. The number of ether oxygens (including phenoxy) is 1. The highest BCUT2D eigenvalue weighted by Gasteiger charge is 2.17. The molecule has 2 aromatic rings. The van der Waals surface area contributed by atoms with Gasteiger partial charge in [-0.1, -0.05) is 23.7 Å². The molecule has 1 atom stereocenters. The number of aliphatic hydroxyl groups is 1. The van der Waals surface area contributed by atoms with E-state index in [2.05, 4.69) is 20.7 Å². The smallest absolute Gasteiger partial charge is 0.387 e. The van der Waals surface area contributed by atoms with Gasteiger partial charge in [0.15, 0.2) is 0 Å². The highest BCUT2D eigenvalue weighted by molar-refractivity contribution is 9.10. The Morgan fingerprint density at radius 1 is 1.14 bits per heavy atom. The summed E-state index contributed by atoms with van der Waals surface area (Å²) in [6, 6.07) is 7.73. The lowest BCUT2D eigenvalue weighted by atomic mass is 10.0. The fourth-order valence-electron chi connectivity index (χ4n) is 1.76. The first kappa shape index (κ1) is 16.1. The molecule has 2 rings (SSSR count). The van der Waals surface area contributed by atoms with Crippen molar-refractivity contribution in [1.29, 1.82) is 0 Å². The lowest BCUT2D eigenvalue weighted by molar-refractivity contribution is -0.0498. The average Bonchev–Trinajstić information content (AvgIpc) is 2.42. The van der Waals surface area contributed by atoms with Gasteiger partial charge in [0.2, 0.25) is 0 Å². The fourth-order valence-corrected chi connectivity index (χ4v) is 2.25. The summed E-state index contributed by atoms with van der Waals surface area (Å²) in [6.07, 6.45) is -1.27. The van der Waals surface area contributed by atoms with Crippen molar-refractivity contribution in [2.75, 3.05) is 0 Å². The molecule has 0 fully saturated rings. The fraction of sp³-hybridized carbons (Fsp3) is 0.143. The van der Waals surface area contributed by atoms with Crippen LogP contribution in [0.15, 0.2) is 40.9 Å². The number of benzene rings is 2. The van der Waals surface area contributed by atoms with Crippen LogP contribution in [0.25, 0.3) is 0 Å².